The summed E-state index contributed by atoms with van der Waals surface area (Å²) >= 11 is 15.0. The Hall–Kier alpha value is -1.02. The summed E-state index contributed by atoms with van der Waals surface area (Å²) in [6, 6.07) is 12.3. The predicted octanol–water partition coefficient (Wildman–Crippen LogP) is 6.43. The first-order valence-electron chi connectivity index (χ1n) is 6.55. The Morgan fingerprint density at radius 3 is 2.61 bits per heavy atom. The fourth-order valence-corrected chi connectivity index (χ4v) is 4.97. The van der Waals surface area contributed by atoms with E-state index in [1.54, 1.807) is 17.4 Å². The van der Waals surface area contributed by atoms with Crippen molar-refractivity contribution < 1.29 is 4.92 Å². The van der Waals surface area contributed by atoms with Gasteiger partial charge >= 0.3 is 0 Å². The van der Waals surface area contributed by atoms with Crippen molar-refractivity contribution in [3.8, 4) is 0 Å². The molecule has 3 rings (SSSR count). The third-order valence-corrected chi connectivity index (χ3v) is 7.75. The number of fused-ring (bicyclic) bond motifs is 1. The van der Waals surface area contributed by atoms with Crippen LogP contribution in [0.3, 0.4) is 0 Å². The smallest absolute Gasteiger partial charge is 0.258 e. The van der Waals surface area contributed by atoms with Gasteiger partial charge in [0.2, 0.25) is 0 Å². The van der Waals surface area contributed by atoms with Crippen LogP contribution in [-0.2, 0) is 0 Å². The Kier molecular flexibility index (Phi) is 5.01. The Labute approximate surface area is 157 Å². The highest BCUT2D eigenvalue weighted by Gasteiger charge is 2.26. The van der Waals surface area contributed by atoms with E-state index in [9.17, 15) is 10.1 Å². The molecule has 0 radical (unpaired) electrons. The molecule has 0 unspecified atom stereocenters. The van der Waals surface area contributed by atoms with E-state index in [4.69, 9.17) is 11.6 Å². The van der Waals surface area contributed by atoms with E-state index < -0.39 is 4.92 Å². The second-order valence-corrected chi connectivity index (χ2v) is 8.23. The lowest BCUT2D eigenvalue weighted by atomic mass is 10.1. The molecule has 2 aromatic carbocycles. The van der Waals surface area contributed by atoms with Crippen LogP contribution in [0, 0.1) is 10.1 Å². The van der Waals surface area contributed by atoms with Crippen molar-refractivity contribution >= 4 is 70.7 Å². The summed E-state index contributed by atoms with van der Waals surface area (Å²) in [6.07, 6.45) is 0. The van der Waals surface area contributed by atoms with Gasteiger partial charge in [-0.05, 0) is 23.8 Å². The first-order chi connectivity index (χ1) is 11.0. The Morgan fingerprint density at radius 1 is 1.17 bits per heavy atom. The van der Waals surface area contributed by atoms with E-state index in [-0.39, 0.29) is 15.3 Å². The van der Waals surface area contributed by atoms with Gasteiger partial charge in [-0.1, -0.05) is 55.6 Å². The Bertz CT molecular complexity index is 854. The average molecular weight is 477 g/mol. The van der Waals surface area contributed by atoms with Crippen LogP contribution in [0.4, 0.5) is 5.69 Å². The molecule has 0 bridgehead atoms. The minimum atomic E-state index is -0.430. The van der Waals surface area contributed by atoms with Crippen molar-refractivity contribution in [1.82, 2.24) is 4.98 Å². The number of thiazole rings is 1. The van der Waals surface area contributed by atoms with Gasteiger partial charge in [-0.2, -0.15) is 0 Å². The van der Waals surface area contributed by atoms with E-state index in [2.05, 4.69) is 36.8 Å². The van der Waals surface area contributed by atoms with Crippen LogP contribution in [0.5, 0.6) is 0 Å². The highest BCUT2D eigenvalue weighted by Crippen LogP contribution is 2.47. The number of halogens is 3. The summed E-state index contributed by atoms with van der Waals surface area (Å²) in [4.78, 5) is 14.8. The SMILES string of the molecule is O=[N+]([O-])c1ccc(Cl)c([C@H](Br)[C@H](Br)c2nc3ccccc3s2)c1. The van der Waals surface area contributed by atoms with Crippen LogP contribution in [-0.4, -0.2) is 9.91 Å². The molecular weight excluding hydrogens is 468 g/mol. The van der Waals surface area contributed by atoms with Gasteiger partial charge in [0, 0.05) is 17.2 Å². The summed E-state index contributed by atoms with van der Waals surface area (Å²) < 4.78 is 1.09. The van der Waals surface area contributed by atoms with Gasteiger partial charge in [-0.25, -0.2) is 4.98 Å². The molecule has 4 nitrogen and oxygen atoms in total. The topological polar surface area (TPSA) is 56.0 Å². The molecule has 2 atom stereocenters. The maximum atomic E-state index is 11.0. The van der Waals surface area contributed by atoms with Gasteiger partial charge < -0.3 is 0 Å². The van der Waals surface area contributed by atoms with Crippen molar-refractivity contribution in [3.05, 3.63) is 68.2 Å². The molecule has 0 spiro atoms. The Balaban J connectivity index is 1.97. The molecule has 0 N–H and O–H groups in total. The molecule has 0 fully saturated rings. The van der Waals surface area contributed by atoms with Crippen molar-refractivity contribution in [2.75, 3.05) is 0 Å². The summed E-state index contributed by atoms with van der Waals surface area (Å²) in [5, 5.41) is 12.3. The summed E-state index contributed by atoms with van der Waals surface area (Å²) in [6.45, 7) is 0. The van der Waals surface area contributed by atoms with Gasteiger partial charge in [0.15, 0.2) is 0 Å². The number of rotatable bonds is 4. The second-order valence-electron chi connectivity index (χ2n) is 4.79. The zero-order valence-electron chi connectivity index (χ0n) is 11.4. The molecule has 0 aliphatic carbocycles. The van der Waals surface area contributed by atoms with E-state index >= 15 is 0 Å². The maximum Gasteiger partial charge on any atom is 0.269 e. The number of alkyl halides is 2. The van der Waals surface area contributed by atoms with Gasteiger partial charge in [-0.15, -0.1) is 11.3 Å². The molecule has 0 aliphatic heterocycles. The number of hydrogen-bond acceptors (Lipinski definition) is 4. The van der Waals surface area contributed by atoms with E-state index in [1.165, 1.54) is 12.1 Å². The van der Waals surface area contributed by atoms with Crippen molar-refractivity contribution in [3.63, 3.8) is 0 Å². The molecule has 1 heterocycles. The highest BCUT2D eigenvalue weighted by atomic mass is 79.9. The van der Waals surface area contributed by atoms with Crippen LogP contribution in [0.2, 0.25) is 5.02 Å². The molecule has 0 saturated heterocycles. The first-order valence-corrected chi connectivity index (χ1v) is 9.57. The molecule has 0 saturated carbocycles. The number of para-hydroxylation sites is 1. The van der Waals surface area contributed by atoms with Crippen LogP contribution in [0.25, 0.3) is 10.2 Å². The van der Waals surface area contributed by atoms with Gasteiger partial charge in [0.25, 0.3) is 5.69 Å². The number of aromatic nitrogens is 1. The van der Waals surface area contributed by atoms with Crippen molar-refractivity contribution in [1.29, 1.82) is 0 Å². The standard InChI is InChI=1S/C15H9Br2ClN2O2S/c16-13(9-7-8(20(21)22)5-6-10(9)18)14(17)15-19-11-3-1-2-4-12(11)23-15/h1-7,13-14H/t13-,14-/m0/s1. The minimum absolute atomic E-state index is 0.0119. The molecule has 1 aromatic heterocycles. The molecule has 8 heteroatoms. The lowest BCUT2D eigenvalue weighted by Gasteiger charge is -2.16. The number of benzene rings is 2. The molecule has 118 valence electrons. The van der Waals surface area contributed by atoms with Crippen LogP contribution in [0.1, 0.15) is 20.2 Å². The summed E-state index contributed by atoms with van der Waals surface area (Å²) in [5.41, 5.74) is 1.60. The lowest BCUT2D eigenvalue weighted by molar-refractivity contribution is -0.384. The lowest BCUT2D eigenvalue weighted by Crippen LogP contribution is -2.01. The number of hydrogen-bond donors (Lipinski definition) is 0. The summed E-state index contributed by atoms with van der Waals surface area (Å²) in [5.74, 6) is 0. The van der Waals surface area contributed by atoms with E-state index in [1.807, 2.05) is 24.3 Å². The number of non-ortho nitro benzene ring substituents is 1. The predicted molar refractivity (Wildman–Crippen MR) is 101 cm³/mol. The van der Waals surface area contributed by atoms with E-state index in [0.717, 1.165) is 15.2 Å². The van der Waals surface area contributed by atoms with Gasteiger partial charge in [0.05, 0.1) is 24.8 Å². The van der Waals surface area contributed by atoms with Gasteiger partial charge in [-0.3, -0.25) is 10.1 Å². The van der Waals surface area contributed by atoms with Crippen molar-refractivity contribution in [2.24, 2.45) is 0 Å². The molecular formula is C15H9Br2ClN2O2S. The zero-order valence-corrected chi connectivity index (χ0v) is 16.2. The molecule has 23 heavy (non-hydrogen) atoms. The van der Waals surface area contributed by atoms with Gasteiger partial charge in [0.1, 0.15) is 5.01 Å². The monoisotopic (exact) mass is 474 g/mol. The fourth-order valence-electron chi connectivity index (χ4n) is 2.15. The average Bonchev–Trinajstić information content (AvgIpc) is 2.97. The van der Waals surface area contributed by atoms with Crippen molar-refractivity contribution in [2.45, 2.75) is 9.65 Å². The number of nitro benzene ring substituents is 1. The minimum Gasteiger partial charge on any atom is -0.258 e. The van der Waals surface area contributed by atoms with Crippen LogP contribution < -0.4 is 0 Å². The normalized spacial score (nSPS) is 13.9. The molecule has 0 amide bonds. The quantitative estimate of drug-likeness (QED) is 0.248. The summed E-state index contributed by atoms with van der Waals surface area (Å²) in [7, 11) is 0. The maximum absolute atomic E-state index is 11.0. The first kappa shape index (κ1) is 16.8. The molecule has 3 aromatic rings. The third kappa shape index (κ3) is 3.42. The van der Waals surface area contributed by atoms with E-state index in [0.29, 0.717) is 10.6 Å². The molecule has 0 aliphatic rings. The number of nitrogens with zero attached hydrogens (tertiary/aromatic N) is 2. The Morgan fingerprint density at radius 2 is 1.91 bits per heavy atom. The number of nitro groups is 1. The van der Waals surface area contributed by atoms with Crippen LogP contribution >= 0.6 is 54.8 Å². The highest BCUT2D eigenvalue weighted by molar-refractivity contribution is 9.12. The third-order valence-electron chi connectivity index (χ3n) is 3.29. The largest absolute Gasteiger partial charge is 0.269 e. The van der Waals surface area contributed by atoms with Crippen LogP contribution in [0.15, 0.2) is 42.5 Å². The zero-order chi connectivity index (χ0) is 16.6. The second kappa shape index (κ2) is 6.84. The fraction of sp³-hybridized carbons (Fsp3) is 0.133.